The van der Waals surface area contributed by atoms with Crippen molar-refractivity contribution in [3.8, 4) is 23.0 Å². The van der Waals surface area contributed by atoms with Crippen LogP contribution in [0.5, 0.6) is 11.6 Å². The van der Waals surface area contributed by atoms with Gasteiger partial charge in [-0.05, 0) is 42.8 Å². The van der Waals surface area contributed by atoms with Crippen LogP contribution in [-0.4, -0.2) is 48.5 Å². The summed E-state index contributed by atoms with van der Waals surface area (Å²) in [4.78, 5) is 0.0710. The number of hydrogen-bond acceptors (Lipinski definition) is 7. The van der Waals surface area contributed by atoms with Gasteiger partial charge in [0.25, 0.3) is 0 Å². The maximum absolute atomic E-state index is 12.7. The molecule has 2 aromatic heterocycles. The lowest BCUT2D eigenvalue weighted by atomic mass is 10.2. The van der Waals surface area contributed by atoms with Crippen LogP contribution >= 0.6 is 23.2 Å². The van der Waals surface area contributed by atoms with Gasteiger partial charge in [-0.1, -0.05) is 35.3 Å². The minimum absolute atomic E-state index is 0.0185. The number of aromatic nitrogens is 4. The van der Waals surface area contributed by atoms with E-state index >= 15 is 0 Å². The van der Waals surface area contributed by atoms with Crippen molar-refractivity contribution in [1.82, 2.24) is 24.5 Å². The molecule has 1 N–H and O–H groups in total. The van der Waals surface area contributed by atoms with Gasteiger partial charge in [-0.25, -0.2) is 13.1 Å². The normalized spacial score (nSPS) is 11.6. The van der Waals surface area contributed by atoms with Crippen molar-refractivity contribution in [2.45, 2.75) is 11.8 Å². The molecule has 0 radical (unpaired) electrons. The molecular weight excluding hydrogens is 489 g/mol. The lowest BCUT2D eigenvalue weighted by Gasteiger charge is -2.12. The standard InChI is InChI=1S/C21H19Cl2N5O4S/c1-13-11-17(31-2)16(23)12-18(13)33(29,30)24-9-10-32-20-8-7-19-25-26-21(28(19)27-20)14-5-3-4-6-15(14)22/h3-8,11-12,24H,9-10H2,1-2H3. The molecule has 0 fully saturated rings. The molecule has 0 aliphatic heterocycles. The number of rotatable bonds is 8. The van der Waals surface area contributed by atoms with E-state index in [2.05, 4.69) is 20.0 Å². The Hall–Kier alpha value is -2.92. The molecule has 33 heavy (non-hydrogen) atoms. The molecule has 4 aromatic rings. The van der Waals surface area contributed by atoms with E-state index < -0.39 is 10.0 Å². The minimum Gasteiger partial charge on any atom is -0.495 e. The summed E-state index contributed by atoms with van der Waals surface area (Å²) in [5.41, 5.74) is 1.71. The minimum atomic E-state index is -3.80. The second-order valence-electron chi connectivity index (χ2n) is 6.94. The first-order valence-corrected chi connectivity index (χ1v) is 12.0. The van der Waals surface area contributed by atoms with Crippen LogP contribution in [0.4, 0.5) is 0 Å². The number of ether oxygens (including phenoxy) is 2. The summed E-state index contributed by atoms with van der Waals surface area (Å²) in [5.74, 6) is 1.15. The van der Waals surface area contributed by atoms with Gasteiger partial charge >= 0.3 is 0 Å². The third-order valence-electron chi connectivity index (χ3n) is 4.74. The molecule has 172 valence electrons. The summed E-state index contributed by atoms with van der Waals surface area (Å²) < 4.78 is 40.1. The summed E-state index contributed by atoms with van der Waals surface area (Å²) in [6.07, 6.45) is 0. The molecule has 0 aliphatic rings. The number of fused-ring (bicyclic) bond motifs is 1. The maximum Gasteiger partial charge on any atom is 0.241 e. The van der Waals surface area contributed by atoms with Gasteiger partial charge in [-0.15, -0.1) is 15.3 Å². The Balaban J connectivity index is 1.45. The zero-order chi connectivity index (χ0) is 23.6. The predicted molar refractivity (Wildman–Crippen MR) is 125 cm³/mol. The highest BCUT2D eigenvalue weighted by Crippen LogP contribution is 2.30. The van der Waals surface area contributed by atoms with Gasteiger partial charge in [-0.3, -0.25) is 0 Å². The van der Waals surface area contributed by atoms with Crippen molar-refractivity contribution < 1.29 is 17.9 Å². The summed E-state index contributed by atoms with van der Waals surface area (Å²) in [7, 11) is -2.33. The molecule has 12 heteroatoms. The Morgan fingerprint density at radius 1 is 1.06 bits per heavy atom. The number of hydrogen-bond donors (Lipinski definition) is 1. The summed E-state index contributed by atoms with van der Waals surface area (Å²) >= 11 is 12.4. The number of aryl methyl sites for hydroxylation is 1. The van der Waals surface area contributed by atoms with E-state index in [1.807, 2.05) is 18.2 Å². The van der Waals surface area contributed by atoms with Crippen LogP contribution in [0.15, 0.2) is 53.4 Å². The Morgan fingerprint density at radius 3 is 2.61 bits per heavy atom. The Kier molecular flexibility index (Phi) is 6.71. The van der Waals surface area contributed by atoms with Crippen LogP contribution < -0.4 is 14.2 Å². The predicted octanol–water partition coefficient (Wildman–Crippen LogP) is 3.77. The lowest BCUT2D eigenvalue weighted by Crippen LogP contribution is -2.29. The first kappa shape index (κ1) is 23.2. The average Bonchev–Trinajstić information content (AvgIpc) is 3.21. The fraction of sp³-hybridized carbons (Fsp3) is 0.190. The summed E-state index contributed by atoms with van der Waals surface area (Å²) in [6.45, 7) is 1.73. The number of benzene rings is 2. The smallest absolute Gasteiger partial charge is 0.241 e. The third-order valence-corrected chi connectivity index (χ3v) is 6.96. The molecule has 0 bridgehead atoms. The first-order valence-electron chi connectivity index (χ1n) is 9.74. The molecule has 2 heterocycles. The molecular formula is C21H19Cl2N5O4S. The largest absolute Gasteiger partial charge is 0.495 e. The highest BCUT2D eigenvalue weighted by atomic mass is 35.5. The average molecular weight is 508 g/mol. The van der Waals surface area contributed by atoms with E-state index in [1.165, 1.54) is 17.7 Å². The molecule has 0 spiro atoms. The molecule has 9 nitrogen and oxygen atoms in total. The second-order valence-corrected chi connectivity index (χ2v) is 9.49. The Morgan fingerprint density at radius 2 is 1.85 bits per heavy atom. The monoisotopic (exact) mass is 507 g/mol. The number of sulfonamides is 1. The number of nitrogens with one attached hydrogen (secondary N) is 1. The molecule has 0 unspecified atom stereocenters. The summed E-state index contributed by atoms with van der Waals surface area (Å²) in [5, 5.41) is 13.4. The van der Waals surface area contributed by atoms with Crippen molar-refractivity contribution in [2.75, 3.05) is 20.3 Å². The van der Waals surface area contributed by atoms with Gasteiger partial charge in [0.15, 0.2) is 11.5 Å². The number of nitrogens with zero attached hydrogens (tertiary/aromatic N) is 4. The lowest BCUT2D eigenvalue weighted by molar-refractivity contribution is 0.306. The topological polar surface area (TPSA) is 108 Å². The van der Waals surface area contributed by atoms with Gasteiger partial charge in [0.2, 0.25) is 15.9 Å². The molecule has 0 amide bonds. The van der Waals surface area contributed by atoms with Crippen LogP contribution in [0.1, 0.15) is 5.56 Å². The van der Waals surface area contributed by atoms with Gasteiger partial charge in [0.1, 0.15) is 12.4 Å². The van der Waals surface area contributed by atoms with Gasteiger partial charge in [-0.2, -0.15) is 4.52 Å². The highest BCUT2D eigenvalue weighted by molar-refractivity contribution is 7.89. The van der Waals surface area contributed by atoms with E-state index in [9.17, 15) is 8.42 Å². The Bertz CT molecular complexity index is 1430. The molecule has 2 aromatic carbocycles. The molecule has 0 saturated heterocycles. The van der Waals surface area contributed by atoms with Gasteiger partial charge in [0.05, 0.1) is 22.1 Å². The maximum atomic E-state index is 12.7. The van der Waals surface area contributed by atoms with Crippen molar-refractivity contribution >= 4 is 38.9 Å². The number of methoxy groups -OCH3 is 1. The molecule has 0 aliphatic carbocycles. The molecule has 0 saturated carbocycles. The highest BCUT2D eigenvalue weighted by Gasteiger charge is 2.19. The molecule has 0 atom stereocenters. The zero-order valence-corrected chi connectivity index (χ0v) is 19.9. The van der Waals surface area contributed by atoms with Crippen molar-refractivity contribution in [2.24, 2.45) is 0 Å². The van der Waals surface area contributed by atoms with Crippen molar-refractivity contribution in [3.05, 3.63) is 64.1 Å². The quantitative estimate of drug-likeness (QED) is 0.361. The van der Waals surface area contributed by atoms with E-state index in [0.717, 1.165) is 0 Å². The van der Waals surface area contributed by atoms with E-state index in [4.69, 9.17) is 32.7 Å². The van der Waals surface area contributed by atoms with Crippen molar-refractivity contribution in [3.63, 3.8) is 0 Å². The van der Waals surface area contributed by atoms with E-state index in [-0.39, 0.29) is 28.9 Å². The van der Waals surface area contributed by atoms with Crippen LogP contribution in [0.2, 0.25) is 10.0 Å². The van der Waals surface area contributed by atoms with Crippen LogP contribution in [-0.2, 0) is 10.0 Å². The third kappa shape index (κ3) is 4.88. The SMILES string of the molecule is COc1cc(C)c(S(=O)(=O)NCCOc2ccc3nnc(-c4ccccc4Cl)n3n2)cc1Cl. The van der Waals surface area contributed by atoms with Crippen LogP contribution in [0.3, 0.4) is 0 Å². The fourth-order valence-electron chi connectivity index (χ4n) is 3.15. The zero-order valence-electron chi connectivity index (χ0n) is 17.6. The van der Waals surface area contributed by atoms with Gasteiger partial charge in [0, 0.05) is 18.2 Å². The van der Waals surface area contributed by atoms with E-state index in [1.54, 1.807) is 31.2 Å². The first-order chi connectivity index (χ1) is 15.8. The second kappa shape index (κ2) is 9.52. The summed E-state index contributed by atoms with van der Waals surface area (Å²) in [6, 6.07) is 13.5. The van der Waals surface area contributed by atoms with Crippen LogP contribution in [0, 0.1) is 6.92 Å². The Labute approximate surface area is 200 Å². The van der Waals surface area contributed by atoms with Crippen molar-refractivity contribution in [1.29, 1.82) is 0 Å². The molecule has 4 rings (SSSR count). The number of halogens is 2. The fourth-order valence-corrected chi connectivity index (χ4v) is 4.94. The van der Waals surface area contributed by atoms with E-state index in [0.29, 0.717) is 33.4 Å². The van der Waals surface area contributed by atoms with Crippen LogP contribution in [0.25, 0.3) is 17.0 Å². The van der Waals surface area contributed by atoms with Gasteiger partial charge < -0.3 is 9.47 Å².